The standard InChI is InChI=1S/C16H24O/c1-12-9-10-16(17,11-12)14-7-5-13(6-8-14)15(2,3)4/h5-8,12,17H,9-11H2,1-4H3. The molecular weight excluding hydrogens is 208 g/mol. The van der Waals surface area contributed by atoms with Crippen molar-refractivity contribution >= 4 is 0 Å². The van der Waals surface area contributed by atoms with Crippen molar-refractivity contribution in [3.8, 4) is 0 Å². The van der Waals surface area contributed by atoms with E-state index in [1.165, 1.54) is 5.56 Å². The van der Waals surface area contributed by atoms with Crippen LogP contribution in [0.25, 0.3) is 0 Å². The minimum atomic E-state index is -0.574. The molecule has 94 valence electrons. The van der Waals surface area contributed by atoms with Crippen LogP contribution < -0.4 is 0 Å². The van der Waals surface area contributed by atoms with E-state index in [2.05, 4.69) is 52.0 Å². The Hall–Kier alpha value is -0.820. The Bertz CT molecular complexity index is 385. The van der Waals surface area contributed by atoms with Crippen molar-refractivity contribution in [1.82, 2.24) is 0 Å². The van der Waals surface area contributed by atoms with Crippen molar-refractivity contribution in [3.63, 3.8) is 0 Å². The first-order valence-corrected chi connectivity index (χ1v) is 6.65. The van der Waals surface area contributed by atoms with E-state index >= 15 is 0 Å². The van der Waals surface area contributed by atoms with Gasteiger partial charge in [-0.05, 0) is 41.7 Å². The minimum absolute atomic E-state index is 0.185. The summed E-state index contributed by atoms with van der Waals surface area (Å²) < 4.78 is 0. The fourth-order valence-electron chi connectivity index (χ4n) is 2.81. The van der Waals surface area contributed by atoms with Gasteiger partial charge in [-0.25, -0.2) is 0 Å². The van der Waals surface area contributed by atoms with Crippen molar-refractivity contribution in [3.05, 3.63) is 35.4 Å². The molecule has 1 nitrogen and oxygen atoms in total. The summed E-state index contributed by atoms with van der Waals surface area (Å²) >= 11 is 0. The highest BCUT2D eigenvalue weighted by Crippen LogP contribution is 2.42. The van der Waals surface area contributed by atoms with Crippen LogP contribution in [0.5, 0.6) is 0 Å². The summed E-state index contributed by atoms with van der Waals surface area (Å²) in [7, 11) is 0. The van der Waals surface area contributed by atoms with E-state index in [0.717, 1.165) is 24.8 Å². The maximum absolute atomic E-state index is 10.6. The van der Waals surface area contributed by atoms with Crippen LogP contribution in [0.2, 0.25) is 0 Å². The molecule has 2 rings (SSSR count). The number of rotatable bonds is 1. The van der Waals surface area contributed by atoms with E-state index in [-0.39, 0.29) is 5.41 Å². The molecule has 0 saturated heterocycles. The number of benzene rings is 1. The zero-order valence-corrected chi connectivity index (χ0v) is 11.5. The molecule has 1 aliphatic carbocycles. The van der Waals surface area contributed by atoms with E-state index in [1.807, 2.05) is 0 Å². The summed E-state index contributed by atoms with van der Waals surface area (Å²) in [6.07, 6.45) is 2.95. The molecule has 0 bridgehead atoms. The highest BCUT2D eigenvalue weighted by Gasteiger charge is 2.36. The van der Waals surface area contributed by atoms with Gasteiger partial charge in [0, 0.05) is 0 Å². The maximum atomic E-state index is 10.6. The highest BCUT2D eigenvalue weighted by atomic mass is 16.3. The lowest BCUT2D eigenvalue weighted by Crippen LogP contribution is -2.22. The van der Waals surface area contributed by atoms with Crippen LogP contribution in [0.4, 0.5) is 0 Å². The van der Waals surface area contributed by atoms with Gasteiger partial charge in [0.15, 0.2) is 0 Å². The molecule has 0 amide bonds. The lowest BCUT2D eigenvalue weighted by atomic mass is 9.84. The topological polar surface area (TPSA) is 20.2 Å². The van der Waals surface area contributed by atoms with Gasteiger partial charge in [-0.3, -0.25) is 0 Å². The second kappa shape index (κ2) is 4.13. The first-order chi connectivity index (χ1) is 7.81. The van der Waals surface area contributed by atoms with Crippen LogP contribution in [0.15, 0.2) is 24.3 Å². The van der Waals surface area contributed by atoms with Gasteiger partial charge in [-0.15, -0.1) is 0 Å². The van der Waals surface area contributed by atoms with E-state index in [0.29, 0.717) is 5.92 Å². The Morgan fingerprint density at radius 2 is 1.76 bits per heavy atom. The summed E-state index contributed by atoms with van der Waals surface area (Å²) in [5.74, 6) is 0.641. The molecule has 17 heavy (non-hydrogen) atoms. The minimum Gasteiger partial charge on any atom is -0.385 e. The van der Waals surface area contributed by atoms with E-state index < -0.39 is 5.60 Å². The van der Waals surface area contributed by atoms with Gasteiger partial charge in [0.25, 0.3) is 0 Å². The van der Waals surface area contributed by atoms with Crippen LogP contribution in [0, 0.1) is 5.92 Å². The quantitative estimate of drug-likeness (QED) is 0.776. The third-order valence-electron chi connectivity index (χ3n) is 4.03. The lowest BCUT2D eigenvalue weighted by molar-refractivity contribution is 0.0407. The van der Waals surface area contributed by atoms with Gasteiger partial charge in [0.2, 0.25) is 0 Å². The SMILES string of the molecule is CC1CCC(O)(c2ccc(C(C)(C)C)cc2)C1. The lowest BCUT2D eigenvalue weighted by Gasteiger charge is -2.25. The molecular formula is C16H24O. The number of hydrogen-bond acceptors (Lipinski definition) is 1. The van der Waals surface area contributed by atoms with Gasteiger partial charge in [0.05, 0.1) is 5.60 Å². The molecule has 1 fully saturated rings. The smallest absolute Gasteiger partial charge is 0.0899 e. The Morgan fingerprint density at radius 1 is 1.18 bits per heavy atom. The van der Waals surface area contributed by atoms with Gasteiger partial charge < -0.3 is 5.11 Å². The number of aliphatic hydroxyl groups is 1. The highest BCUT2D eigenvalue weighted by molar-refractivity contribution is 5.31. The monoisotopic (exact) mass is 232 g/mol. The Morgan fingerprint density at radius 3 is 2.18 bits per heavy atom. The molecule has 0 aromatic heterocycles. The first kappa shape index (κ1) is 12.6. The van der Waals surface area contributed by atoms with E-state index in [1.54, 1.807) is 0 Å². The third-order valence-corrected chi connectivity index (χ3v) is 4.03. The molecule has 2 unspecified atom stereocenters. The molecule has 1 aromatic carbocycles. The fourth-order valence-corrected chi connectivity index (χ4v) is 2.81. The summed E-state index contributed by atoms with van der Waals surface area (Å²) in [4.78, 5) is 0. The fraction of sp³-hybridized carbons (Fsp3) is 0.625. The molecule has 1 aliphatic rings. The van der Waals surface area contributed by atoms with Crippen molar-refractivity contribution in [1.29, 1.82) is 0 Å². The van der Waals surface area contributed by atoms with Crippen LogP contribution in [-0.4, -0.2) is 5.11 Å². The van der Waals surface area contributed by atoms with Gasteiger partial charge in [-0.1, -0.05) is 52.0 Å². The molecule has 0 heterocycles. The summed E-state index contributed by atoms with van der Waals surface area (Å²) in [5.41, 5.74) is 2.03. The Labute approximate surface area is 105 Å². The average Bonchev–Trinajstić information content (AvgIpc) is 2.59. The van der Waals surface area contributed by atoms with Crippen molar-refractivity contribution in [2.45, 2.75) is 58.0 Å². The van der Waals surface area contributed by atoms with Gasteiger partial charge >= 0.3 is 0 Å². The second-order valence-electron chi connectivity index (χ2n) is 6.71. The zero-order valence-electron chi connectivity index (χ0n) is 11.5. The largest absolute Gasteiger partial charge is 0.385 e. The third kappa shape index (κ3) is 2.55. The molecule has 1 saturated carbocycles. The van der Waals surface area contributed by atoms with Crippen molar-refractivity contribution in [2.24, 2.45) is 5.92 Å². The normalized spacial score (nSPS) is 29.6. The Kier molecular flexibility index (Phi) is 3.07. The van der Waals surface area contributed by atoms with Gasteiger partial charge in [-0.2, -0.15) is 0 Å². The predicted molar refractivity (Wildman–Crippen MR) is 72.1 cm³/mol. The molecule has 2 atom stereocenters. The molecule has 0 radical (unpaired) electrons. The molecule has 1 N–H and O–H groups in total. The molecule has 0 spiro atoms. The summed E-state index contributed by atoms with van der Waals surface area (Å²) in [6.45, 7) is 8.87. The summed E-state index contributed by atoms with van der Waals surface area (Å²) in [5, 5.41) is 10.6. The maximum Gasteiger partial charge on any atom is 0.0899 e. The molecule has 0 aliphatic heterocycles. The van der Waals surface area contributed by atoms with Crippen LogP contribution in [0.1, 0.15) is 58.1 Å². The van der Waals surface area contributed by atoms with Crippen LogP contribution in [0.3, 0.4) is 0 Å². The molecule has 1 aromatic rings. The predicted octanol–water partition coefficient (Wildman–Crippen LogP) is 3.99. The zero-order chi connectivity index (χ0) is 12.7. The van der Waals surface area contributed by atoms with Crippen LogP contribution >= 0.6 is 0 Å². The number of hydrogen-bond donors (Lipinski definition) is 1. The Balaban J connectivity index is 2.24. The van der Waals surface area contributed by atoms with E-state index in [9.17, 15) is 5.11 Å². The average molecular weight is 232 g/mol. The van der Waals surface area contributed by atoms with Crippen molar-refractivity contribution in [2.75, 3.05) is 0 Å². The van der Waals surface area contributed by atoms with Gasteiger partial charge in [0.1, 0.15) is 0 Å². The first-order valence-electron chi connectivity index (χ1n) is 6.65. The second-order valence-corrected chi connectivity index (χ2v) is 6.71. The van der Waals surface area contributed by atoms with Crippen molar-refractivity contribution < 1.29 is 5.11 Å². The van der Waals surface area contributed by atoms with Crippen LogP contribution in [-0.2, 0) is 11.0 Å². The summed E-state index contributed by atoms with van der Waals surface area (Å²) in [6, 6.07) is 8.55. The van der Waals surface area contributed by atoms with E-state index in [4.69, 9.17) is 0 Å². The molecule has 1 heteroatoms.